The Bertz CT molecular complexity index is 339. The van der Waals surface area contributed by atoms with Crippen LogP contribution in [0.2, 0.25) is 0 Å². The standard InChI is InChI=1S/C12H17NO3/c1-3-10-6-5-7-11(8-10)15-9-12(14)13-16-4-2/h5-8H,3-4,9H2,1-2H3,(H,13,14). The van der Waals surface area contributed by atoms with Gasteiger partial charge in [-0.2, -0.15) is 0 Å². The Labute approximate surface area is 95.5 Å². The normalized spacial score (nSPS) is 9.88. The van der Waals surface area contributed by atoms with Crippen LogP contribution in [0.5, 0.6) is 5.75 Å². The average Bonchev–Trinajstić information content (AvgIpc) is 2.34. The number of carbonyl (C=O) groups is 1. The van der Waals surface area contributed by atoms with E-state index in [0.29, 0.717) is 12.4 Å². The van der Waals surface area contributed by atoms with Gasteiger partial charge in [0.1, 0.15) is 5.75 Å². The van der Waals surface area contributed by atoms with E-state index in [-0.39, 0.29) is 12.5 Å². The summed E-state index contributed by atoms with van der Waals surface area (Å²) < 4.78 is 5.32. The molecule has 0 radical (unpaired) electrons. The van der Waals surface area contributed by atoms with Crippen LogP contribution in [-0.4, -0.2) is 19.1 Å². The quantitative estimate of drug-likeness (QED) is 0.747. The van der Waals surface area contributed by atoms with E-state index in [2.05, 4.69) is 12.4 Å². The van der Waals surface area contributed by atoms with E-state index < -0.39 is 0 Å². The molecule has 4 nitrogen and oxygen atoms in total. The summed E-state index contributed by atoms with van der Waals surface area (Å²) in [5.74, 6) is 0.412. The fourth-order valence-corrected chi connectivity index (χ4v) is 1.19. The predicted octanol–water partition coefficient (Wildman–Crippen LogP) is 1.70. The first-order valence-electron chi connectivity index (χ1n) is 5.38. The zero-order chi connectivity index (χ0) is 11.8. The molecule has 88 valence electrons. The van der Waals surface area contributed by atoms with E-state index in [1.165, 1.54) is 5.56 Å². The Morgan fingerprint density at radius 2 is 2.19 bits per heavy atom. The molecule has 0 fully saturated rings. The fourth-order valence-electron chi connectivity index (χ4n) is 1.19. The number of rotatable bonds is 6. The summed E-state index contributed by atoms with van der Waals surface area (Å²) >= 11 is 0. The third kappa shape index (κ3) is 4.31. The summed E-state index contributed by atoms with van der Waals surface area (Å²) in [6.45, 7) is 4.27. The smallest absolute Gasteiger partial charge is 0.281 e. The van der Waals surface area contributed by atoms with Crippen molar-refractivity contribution in [2.45, 2.75) is 20.3 Å². The van der Waals surface area contributed by atoms with Crippen molar-refractivity contribution in [3.8, 4) is 5.75 Å². The molecule has 1 N–H and O–H groups in total. The van der Waals surface area contributed by atoms with Crippen molar-refractivity contribution < 1.29 is 14.4 Å². The lowest BCUT2D eigenvalue weighted by Gasteiger charge is -2.07. The largest absolute Gasteiger partial charge is 0.484 e. The molecule has 1 aromatic rings. The SMILES string of the molecule is CCONC(=O)COc1cccc(CC)c1. The number of hydroxylamine groups is 1. The van der Waals surface area contributed by atoms with Crippen molar-refractivity contribution in [1.29, 1.82) is 0 Å². The topological polar surface area (TPSA) is 47.6 Å². The lowest BCUT2D eigenvalue weighted by Crippen LogP contribution is -2.28. The van der Waals surface area contributed by atoms with Crippen LogP contribution in [0.4, 0.5) is 0 Å². The Hall–Kier alpha value is -1.55. The number of nitrogens with one attached hydrogen (secondary N) is 1. The van der Waals surface area contributed by atoms with E-state index in [0.717, 1.165) is 6.42 Å². The Balaban J connectivity index is 2.38. The van der Waals surface area contributed by atoms with Gasteiger partial charge in [-0.15, -0.1) is 0 Å². The number of hydrogen-bond acceptors (Lipinski definition) is 3. The second-order valence-corrected chi connectivity index (χ2v) is 3.25. The third-order valence-corrected chi connectivity index (χ3v) is 2.01. The molecule has 4 heteroatoms. The van der Waals surface area contributed by atoms with Gasteiger partial charge in [0.25, 0.3) is 5.91 Å². The molecule has 0 aliphatic carbocycles. The maximum Gasteiger partial charge on any atom is 0.281 e. The molecule has 0 aliphatic heterocycles. The molecule has 0 bridgehead atoms. The molecular weight excluding hydrogens is 206 g/mol. The summed E-state index contributed by atoms with van der Waals surface area (Å²) in [5.41, 5.74) is 3.45. The molecule has 0 unspecified atom stereocenters. The van der Waals surface area contributed by atoms with E-state index in [9.17, 15) is 4.79 Å². The lowest BCUT2D eigenvalue weighted by atomic mass is 10.2. The second-order valence-electron chi connectivity index (χ2n) is 3.25. The van der Waals surface area contributed by atoms with Crippen molar-refractivity contribution in [3.05, 3.63) is 29.8 Å². The van der Waals surface area contributed by atoms with Crippen LogP contribution in [-0.2, 0) is 16.1 Å². The van der Waals surface area contributed by atoms with E-state index in [4.69, 9.17) is 9.57 Å². The molecule has 1 rings (SSSR count). The van der Waals surface area contributed by atoms with Crippen LogP contribution in [0.3, 0.4) is 0 Å². The maximum absolute atomic E-state index is 11.2. The highest BCUT2D eigenvalue weighted by Crippen LogP contribution is 2.13. The molecular formula is C12H17NO3. The molecule has 0 spiro atoms. The molecule has 0 atom stereocenters. The van der Waals surface area contributed by atoms with Gasteiger partial charge in [0.15, 0.2) is 6.61 Å². The van der Waals surface area contributed by atoms with Crippen molar-refractivity contribution in [3.63, 3.8) is 0 Å². The predicted molar refractivity (Wildman–Crippen MR) is 61.1 cm³/mol. The van der Waals surface area contributed by atoms with Crippen LogP contribution >= 0.6 is 0 Å². The monoisotopic (exact) mass is 223 g/mol. The molecule has 0 saturated heterocycles. The van der Waals surface area contributed by atoms with Crippen LogP contribution in [0.15, 0.2) is 24.3 Å². The first kappa shape index (κ1) is 12.5. The highest BCUT2D eigenvalue weighted by atomic mass is 16.7. The minimum absolute atomic E-state index is 0.0346. The third-order valence-electron chi connectivity index (χ3n) is 2.01. The summed E-state index contributed by atoms with van der Waals surface area (Å²) in [5, 5.41) is 0. The summed E-state index contributed by atoms with van der Waals surface area (Å²) in [6, 6.07) is 7.68. The van der Waals surface area contributed by atoms with E-state index >= 15 is 0 Å². The van der Waals surface area contributed by atoms with Crippen molar-refractivity contribution in [2.75, 3.05) is 13.2 Å². The average molecular weight is 223 g/mol. The zero-order valence-corrected chi connectivity index (χ0v) is 9.66. The van der Waals surface area contributed by atoms with Gasteiger partial charge in [-0.3, -0.25) is 9.63 Å². The van der Waals surface area contributed by atoms with Crippen LogP contribution in [0.25, 0.3) is 0 Å². The Kier molecular flexibility index (Phi) is 5.36. The van der Waals surface area contributed by atoms with E-state index in [1.807, 2.05) is 24.3 Å². The minimum atomic E-state index is -0.288. The highest BCUT2D eigenvalue weighted by Gasteiger charge is 2.02. The van der Waals surface area contributed by atoms with Crippen molar-refractivity contribution in [1.82, 2.24) is 5.48 Å². The summed E-state index contributed by atoms with van der Waals surface area (Å²) in [7, 11) is 0. The minimum Gasteiger partial charge on any atom is -0.484 e. The van der Waals surface area contributed by atoms with Gasteiger partial charge in [0.05, 0.1) is 6.61 Å². The molecule has 0 aromatic heterocycles. The summed E-state index contributed by atoms with van der Waals surface area (Å²) in [4.78, 5) is 15.9. The van der Waals surface area contributed by atoms with Crippen molar-refractivity contribution >= 4 is 5.91 Å². The number of ether oxygens (including phenoxy) is 1. The molecule has 1 amide bonds. The van der Waals surface area contributed by atoms with Crippen LogP contribution in [0, 0.1) is 0 Å². The number of carbonyl (C=O) groups excluding carboxylic acids is 1. The van der Waals surface area contributed by atoms with Crippen molar-refractivity contribution in [2.24, 2.45) is 0 Å². The maximum atomic E-state index is 11.2. The van der Waals surface area contributed by atoms with Gasteiger partial charge < -0.3 is 4.74 Å². The van der Waals surface area contributed by atoms with Gasteiger partial charge >= 0.3 is 0 Å². The number of amides is 1. The Morgan fingerprint density at radius 1 is 1.38 bits per heavy atom. The molecule has 0 saturated carbocycles. The molecule has 1 aromatic carbocycles. The summed E-state index contributed by atoms with van der Waals surface area (Å²) in [6.07, 6.45) is 0.947. The number of hydrogen-bond donors (Lipinski definition) is 1. The fraction of sp³-hybridized carbons (Fsp3) is 0.417. The highest BCUT2D eigenvalue weighted by molar-refractivity contribution is 5.76. The first-order valence-corrected chi connectivity index (χ1v) is 5.38. The van der Waals surface area contributed by atoms with Gasteiger partial charge in [0.2, 0.25) is 0 Å². The number of benzene rings is 1. The van der Waals surface area contributed by atoms with Gasteiger partial charge in [-0.25, -0.2) is 5.48 Å². The second kappa shape index (κ2) is 6.85. The molecule has 16 heavy (non-hydrogen) atoms. The van der Waals surface area contributed by atoms with Crippen LogP contribution < -0.4 is 10.2 Å². The van der Waals surface area contributed by atoms with Gasteiger partial charge in [-0.1, -0.05) is 19.1 Å². The van der Waals surface area contributed by atoms with Gasteiger partial charge in [-0.05, 0) is 31.0 Å². The van der Waals surface area contributed by atoms with Gasteiger partial charge in [0, 0.05) is 0 Å². The van der Waals surface area contributed by atoms with Crippen LogP contribution in [0.1, 0.15) is 19.4 Å². The Morgan fingerprint density at radius 3 is 2.88 bits per heavy atom. The van der Waals surface area contributed by atoms with E-state index in [1.54, 1.807) is 6.92 Å². The molecule has 0 aliphatic rings. The first-order chi connectivity index (χ1) is 7.76. The lowest BCUT2D eigenvalue weighted by molar-refractivity contribution is -0.135. The number of aryl methyl sites for hydroxylation is 1. The zero-order valence-electron chi connectivity index (χ0n) is 9.66. The molecule has 0 heterocycles.